The van der Waals surface area contributed by atoms with E-state index in [1.807, 2.05) is 31.3 Å². The Bertz CT molecular complexity index is 912. The number of furan rings is 1. The zero-order valence-electron chi connectivity index (χ0n) is 15.7. The second-order valence-corrected chi connectivity index (χ2v) is 7.10. The van der Waals surface area contributed by atoms with Crippen molar-refractivity contribution in [3.63, 3.8) is 0 Å². The van der Waals surface area contributed by atoms with Gasteiger partial charge in [-0.2, -0.15) is 5.10 Å². The van der Waals surface area contributed by atoms with Crippen LogP contribution in [0.3, 0.4) is 0 Å². The summed E-state index contributed by atoms with van der Waals surface area (Å²) in [5.41, 5.74) is 2.55. The largest absolute Gasteiger partial charge is 0.460 e. The molecule has 0 amide bonds. The van der Waals surface area contributed by atoms with Gasteiger partial charge in [0.25, 0.3) is 0 Å². The predicted octanol–water partition coefficient (Wildman–Crippen LogP) is 4.19. The van der Waals surface area contributed by atoms with E-state index in [1.165, 1.54) is 12.1 Å². The molecule has 142 valence electrons. The fraction of sp³-hybridized carbons (Fsp3) is 0.381. The molecule has 1 aromatic carbocycles. The van der Waals surface area contributed by atoms with Crippen LogP contribution in [0.5, 0.6) is 0 Å². The second-order valence-electron chi connectivity index (χ2n) is 7.10. The molecule has 6 heteroatoms. The standard InChI is InChI=1S/C21H24FN3O2/c1-15-6-7-20(27-15)21-16(13-24(2)18-8-10-26-11-9-18)14-25(23-21)19-5-3-4-17(22)12-19/h3-7,12,14,18H,8-11,13H2,1-2H3. The number of hydrogen-bond acceptors (Lipinski definition) is 4. The van der Waals surface area contributed by atoms with Crippen LogP contribution in [-0.2, 0) is 11.3 Å². The normalized spacial score (nSPS) is 15.6. The number of rotatable bonds is 5. The summed E-state index contributed by atoms with van der Waals surface area (Å²) in [5, 5.41) is 4.71. The van der Waals surface area contributed by atoms with Gasteiger partial charge in [-0.3, -0.25) is 4.90 Å². The minimum atomic E-state index is -0.278. The van der Waals surface area contributed by atoms with Gasteiger partial charge < -0.3 is 9.15 Å². The number of ether oxygens (including phenoxy) is 1. The maximum Gasteiger partial charge on any atom is 0.154 e. The summed E-state index contributed by atoms with van der Waals surface area (Å²) in [7, 11) is 2.13. The number of nitrogens with zero attached hydrogens (tertiary/aromatic N) is 3. The highest BCUT2D eigenvalue weighted by molar-refractivity contribution is 5.58. The van der Waals surface area contributed by atoms with E-state index in [0.717, 1.165) is 55.4 Å². The predicted molar refractivity (Wildman–Crippen MR) is 101 cm³/mol. The summed E-state index contributed by atoms with van der Waals surface area (Å²) in [6, 6.07) is 10.8. The second kappa shape index (κ2) is 7.66. The maximum absolute atomic E-state index is 13.7. The average Bonchev–Trinajstić information content (AvgIpc) is 3.28. The Hall–Kier alpha value is -2.44. The lowest BCUT2D eigenvalue weighted by atomic mass is 10.1. The quantitative estimate of drug-likeness (QED) is 0.676. The SMILES string of the molecule is Cc1ccc(-c2nn(-c3cccc(F)c3)cc2CN(C)C2CCOCC2)o1. The zero-order valence-corrected chi connectivity index (χ0v) is 15.7. The van der Waals surface area contributed by atoms with Gasteiger partial charge in [-0.05, 0) is 57.1 Å². The fourth-order valence-electron chi connectivity index (χ4n) is 3.57. The fourth-order valence-corrected chi connectivity index (χ4v) is 3.57. The van der Waals surface area contributed by atoms with Gasteiger partial charge in [0.1, 0.15) is 17.3 Å². The van der Waals surface area contributed by atoms with Crippen molar-refractivity contribution in [3.8, 4) is 17.1 Å². The van der Waals surface area contributed by atoms with Gasteiger partial charge in [0.05, 0.1) is 5.69 Å². The lowest BCUT2D eigenvalue weighted by molar-refractivity contribution is 0.0407. The van der Waals surface area contributed by atoms with Gasteiger partial charge in [-0.15, -0.1) is 0 Å². The minimum Gasteiger partial charge on any atom is -0.460 e. The number of hydrogen-bond donors (Lipinski definition) is 0. The highest BCUT2D eigenvalue weighted by Crippen LogP contribution is 2.28. The van der Waals surface area contributed by atoms with Gasteiger partial charge in [0, 0.05) is 37.6 Å². The topological polar surface area (TPSA) is 43.4 Å². The van der Waals surface area contributed by atoms with Crippen LogP contribution < -0.4 is 0 Å². The van der Waals surface area contributed by atoms with E-state index in [-0.39, 0.29) is 5.82 Å². The third-order valence-corrected chi connectivity index (χ3v) is 5.07. The minimum absolute atomic E-state index is 0.278. The lowest BCUT2D eigenvalue weighted by Gasteiger charge is -2.31. The average molecular weight is 369 g/mol. The molecule has 1 aliphatic heterocycles. The molecule has 0 N–H and O–H groups in total. The first kappa shape index (κ1) is 17.9. The maximum atomic E-state index is 13.7. The van der Waals surface area contributed by atoms with Crippen LogP contribution in [0.15, 0.2) is 47.0 Å². The third-order valence-electron chi connectivity index (χ3n) is 5.07. The summed E-state index contributed by atoms with van der Waals surface area (Å²) in [6.45, 7) is 4.28. The molecule has 2 aromatic heterocycles. The molecule has 1 fully saturated rings. The number of halogens is 1. The van der Waals surface area contributed by atoms with Crippen molar-refractivity contribution < 1.29 is 13.5 Å². The van der Waals surface area contributed by atoms with E-state index in [0.29, 0.717) is 11.7 Å². The van der Waals surface area contributed by atoms with Crippen molar-refractivity contribution in [2.24, 2.45) is 0 Å². The van der Waals surface area contributed by atoms with Crippen molar-refractivity contribution in [1.29, 1.82) is 0 Å². The van der Waals surface area contributed by atoms with Gasteiger partial charge in [-0.1, -0.05) is 6.07 Å². The molecule has 27 heavy (non-hydrogen) atoms. The summed E-state index contributed by atoms with van der Waals surface area (Å²) >= 11 is 0. The van der Waals surface area contributed by atoms with Crippen LogP contribution >= 0.6 is 0 Å². The van der Waals surface area contributed by atoms with Crippen LogP contribution in [0.2, 0.25) is 0 Å². The molecular weight excluding hydrogens is 345 g/mol. The van der Waals surface area contributed by atoms with E-state index in [9.17, 15) is 4.39 Å². The molecule has 5 nitrogen and oxygen atoms in total. The molecule has 0 aliphatic carbocycles. The molecule has 0 atom stereocenters. The smallest absolute Gasteiger partial charge is 0.154 e. The summed E-state index contributed by atoms with van der Waals surface area (Å²) in [5.74, 6) is 1.30. The first-order valence-electron chi connectivity index (χ1n) is 9.29. The van der Waals surface area contributed by atoms with Gasteiger partial charge in [-0.25, -0.2) is 9.07 Å². The molecule has 1 aliphatic rings. The molecule has 0 unspecified atom stereocenters. The Kier molecular flexibility index (Phi) is 5.09. The van der Waals surface area contributed by atoms with Crippen LogP contribution in [0.25, 0.3) is 17.1 Å². The van der Waals surface area contributed by atoms with Crippen molar-refractivity contribution in [2.75, 3.05) is 20.3 Å². The summed E-state index contributed by atoms with van der Waals surface area (Å²) in [6.07, 6.45) is 4.03. The van der Waals surface area contributed by atoms with Crippen LogP contribution in [0.4, 0.5) is 4.39 Å². The van der Waals surface area contributed by atoms with Gasteiger partial charge >= 0.3 is 0 Å². The zero-order chi connectivity index (χ0) is 18.8. The van der Waals surface area contributed by atoms with Crippen molar-refractivity contribution >= 4 is 0 Å². The van der Waals surface area contributed by atoms with E-state index in [1.54, 1.807) is 10.7 Å². The molecular formula is C21H24FN3O2. The van der Waals surface area contributed by atoms with E-state index in [4.69, 9.17) is 14.3 Å². The van der Waals surface area contributed by atoms with Crippen LogP contribution in [0.1, 0.15) is 24.2 Å². The Morgan fingerprint density at radius 2 is 2.04 bits per heavy atom. The van der Waals surface area contributed by atoms with E-state index < -0.39 is 0 Å². The molecule has 1 saturated heterocycles. The molecule has 4 rings (SSSR count). The third kappa shape index (κ3) is 3.96. The van der Waals surface area contributed by atoms with E-state index in [2.05, 4.69) is 11.9 Å². The molecule has 0 spiro atoms. The Labute approximate surface area is 158 Å². The molecule has 0 bridgehead atoms. The Balaban J connectivity index is 1.67. The van der Waals surface area contributed by atoms with Crippen LogP contribution in [0, 0.1) is 12.7 Å². The van der Waals surface area contributed by atoms with Crippen molar-refractivity contribution in [1.82, 2.24) is 14.7 Å². The summed E-state index contributed by atoms with van der Waals surface area (Å²) < 4.78 is 26.7. The molecule has 3 aromatic rings. The first-order chi connectivity index (χ1) is 13.1. The number of aromatic nitrogens is 2. The van der Waals surface area contributed by atoms with Gasteiger partial charge in [0.2, 0.25) is 0 Å². The monoisotopic (exact) mass is 369 g/mol. The van der Waals surface area contributed by atoms with E-state index >= 15 is 0 Å². The van der Waals surface area contributed by atoms with Gasteiger partial charge in [0.15, 0.2) is 5.76 Å². The van der Waals surface area contributed by atoms with Crippen molar-refractivity contribution in [2.45, 2.75) is 32.4 Å². The highest BCUT2D eigenvalue weighted by Gasteiger charge is 2.22. The summed E-state index contributed by atoms with van der Waals surface area (Å²) in [4.78, 5) is 2.34. The highest BCUT2D eigenvalue weighted by atomic mass is 19.1. The number of benzene rings is 1. The molecule has 3 heterocycles. The molecule has 0 radical (unpaired) electrons. The Morgan fingerprint density at radius 1 is 1.22 bits per heavy atom. The first-order valence-corrected chi connectivity index (χ1v) is 9.29. The Morgan fingerprint density at radius 3 is 2.74 bits per heavy atom. The van der Waals surface area contributed by atoms with Crippen molar-refractivity contribution in [3.05, 3.63) is 59.7 Å². The van der Waals surface area contributed by atoms with Crippen LogP contribution in [-0.4, -0.2) is 41.0 Å². The lowest BCUT2D eigenvalue weighted by Crippen LogP contribution is -2.36. The molecule has 0 saturated carbocycles. The number of aryl methyl sites for hydroxylation is 1.